The normalized spacial score (nSPS) is 13.9. The Kier molecular flexibility index (Phi) is 4.87. The number of aliphatic hydroxyl groups is 1. The number of nitrogens with zero attached hydrogens (tertiary/aromatic N) is 1. The van der Waals surface area contributed by atoms with Crippen molar-refractivity contribution in [3.63, 3.8) is 0 Å². The number of hydrogen-bond acceptors (Lipinski definition) is 3. The molecule has 0 saturated heterocycles. The quantitative estimate of drug-likeness (QED) is 0.648. The molecule has 12 heavy (non-hydrogen) atoms. The fourth-order valence-corrected chi connectivity index (χ4v) is 0.865. The summed E-state index contributed by atoms with van der Waals surface area (Å²) in [6, 6.07) is 2.32. The molecule has 0 amide bonds. The average Bonchev–Trinajstić information content (AvgIpc) is 1.96. The van der Waals surface area contributed by atoms with Gasteiger partial charge in [-0.3, -0.25) is 0 Å². The van der Waals surface area contributed by atoms with Crippen LogP contribution in [-0.4, -0.2) is 23.3 Å². The Balaban J connectivity index is 3.67. The van der Waals surface area contributed by atoms with Crippen LogP contribution in [0.25, 0.3) is 0 Å². The summed E-state index contributed by atoms with van der Waals surface area (Å²) in [5, 5.41) is 21.0. The van der Waals surface area contributed by atoms with Gasteiger partial charge in [0.25, 0.3) is 0 Å². The molecule has 3 heteroatoms. The van der Waals surface area contributed by atoms with Gasteiger partial charge in [-0.05, 0) is 20.3 Å². The van der Waals surface area contributed by atoms with E-state index in [9.17, 15) is 5.11 Å². The Labute approximate surface area is 74.4 Å². The van der Waals surface area contributed by atoms with Crippen LogP contribution in [0.5, 0.6) is 0 Å². The van der Waals surface area contributed by atoms with E-state index in [4.69, 9.17) is 5.26 Å². The molecule has 0 aromatic heterocycles. The minimum Gasteiger partial charge on any atom is -0.389 e. The summed E-state index contributed by atoms with van der Waals surface area (Å²) >= 11 is 0. The Morgan fingerprint density at radius 2 is 2.17 bits per heavy atom. The van der Waals surface area contributed by atoms with E-state index in [2.05, 4.69) is 11.4 Å². The zero-order chi connectivity index (χ0) is 9.61. The van der Waals surface area contributed by atoms with Crippen molar-refractivity contribution in [1.82, 2.24) is 5.32 Å². The molecule has 0 aromatic carbocycles. The van der Waals surface area contributed by atoms with Crippen LogP contribution < -0.4 is 5.32 Å². The van der Waals surface area contributed by atoms with E-state index in [1.165, 1.54) is 0 Å². The lowest BCUT2D eigenvalue weighted by Crippen LogP contribution is -2.40. The highest BCUT2D eigenvalue weighted by Crippen LogP contribution is 2.01. The monoisotopic (exact) mass is 170 g/mol. The summed E-state index contributed by atoms with van der Waals surface area (Å²) in [6.45, 7) is 6.06. The van der Waals surface area contributed by atoms with E-state index < -0.39 is 5.60 Å². The lowest BCUT2D eigenvalue weighted by Gasteiger charge is -2.21. The minimum atomic E-state index is -0.692. The molecule has 0 bridgehead atoms. The van der Waals surface area contributed by atoms with Crippen molar-refractivity contribution in [2.24, 2.45) is 0 Å². The van der Waals surface area contributed by atoms with Gasteiger partial charge in [-0.1, -0.05) is 6.92 Å². The highest BCUT2D eigenvalue weighted by Gasteiger charge is 2.14. The minimum absolute atomic E-state index is 0.210. The molecule has 70 valence electrons. The van der Waals surface area contributed by atoms with Gasteiger partial charge in [0.05, 0.1) is 18.1 Å². The first kappa shape index (κ1) is 11.4. The first-order valence-corrected chi connectivity index (χ1v) is 4.32. The number of nitrogens with one attached hydrogen (secondary N) is 1. The lowest BCUT2D eigenvalue weighted by molar-refractivity contribution is 0.0763. The Morgan fingerprint density at radius 3 is 2.50 bits per heavy atom. The third-order valence-corrected chi connectivity index (χ3v) is 1.65. The second kappa shape index (κ2) is 5.13. The summed E-state index contributed by atoms with van der Waals surface area (Å²) in [5.74, 6) is 0. The summed E-state index contributed by atoms with van der Waals surface area (Å²) in [7, 11) is 0. The zero-order valence-electron chi connectivity index (χ0n) is 8.09. The van der Waals surface area contributed by atoms with Crippen molar-refractivity contribution in [2.45, 2.75) is 45.3 Å². The van der Waals surface area contributed by atoms with E-state index in [-0.39, 0.29) is 6.04 Å². The van der Waals surface area contributed by atoms with Gasteiger partial charge < -0.3 is 10.4 Å². The summed E-state index contributed by atoms with van der Waals surface area (Å²) in [5.41, 5.74) is -0.692. The molecule has 0 rings (SSSR count). The highest BCUT2D eigenvalue weighted by atomic mass is 16.3. The van der Waals surface area contributed by atoms with Crippen LogP contribution in [-0.2, 0) is 0 Å². The predicted molar refractivity (Wildman–Crippen MR) is 48.6 cm³/mol. The van der Waals surface area contributed by atoms with Crippen molar-refractivity contribution < 1.29 is 5.11 Å². The highest BCUT2D eigenvalue weighted by molar-refractivity contribution is 4.81. The number of rotatable bonds is 5. The average molecular weight is 170 g/mol. The van der Waals surface area contributed by atoms with Crippen LogP contribution in [0.1, 0.15) is 33.6 Å². The Bertz CT molecular complexity index is 155. The molecule has 0 radical (unpaired) electrons. The molecule has 0 spiro atoms. The smallest absolute Gasteiger partial charge is 0.0715 e. The molecule has 0 saturated carbocycles. The van der Waals surface area contributed by atoms with E-state index >= 15 is 0 Å². The molecular weight excluding hydrogens is 152 g/mol. The summed E-state index contributed by atoms with van der Waals surface area (Å²) in [4.78, 5) is 0. The third kappa shape index (κ3) is 6.14. The summed E-state index contributed by atoms with van der Waals surface area (Å²) < 4.78 is 0. The molecule has 0 heterocycles. The first-order chi connectivity index (χ1) is 5.49. The Hall–Kier alpha value is -0.590. The van der Waals surface area contributed by atoms with E-state index in [0.29, 0.717) is 13.0 Å². The van der Waals surface area contributed by atoms with Crippen molar-refractivity contribution in [2.75, 3.05) is 6.54 Å². The van der Waals surface area contributed by atoms with Gasteiger partial charge in [-0.2, -0.15) is 5.26 Å². The van der Waals surface area contributed by atoms with Gasteiger partial charge in [0.15, 0.2) is 0 Å². The van der Waals surface area contributed by atoms with Gasteiger partial charge in [0, 0.05) is 12.6 Å². The molecule has 0 aliphatic heterocycles. The molecule has 3 nitrogen and oxygen atoms in total. The van der Waals surface area contributed by atoms with Crippen LogP contribution >= 0.6 is 0 Å². The predicted octanol–water partition coefficient (Wildman–Crippen LogP) is 1.04. The molecule has 1 unspecified atom stereocenters. The zero-order valence-corrected chi connectivity index (χ0v) is 8.09. The second-order valence-electron chi connectivity index (χ2n) is 3.66. The van der Waals surface area contributed by atoms with Gasteiger partial charge >= 0.3 is 0 Å². The van der Waals surface area contributed by atoms with Gasteiger partial charge in [-0.25, -0.2) is 0 Å². The molecule has 0 aliphatic carbocycles. The van der Waals surface area contributed by atoms with E-state index in [1.807, 2.05) is 6.92 Å². The molecule has 0 aromatic rings. The molecule has 1 atom stereocenters. The fraction of sp³-hybridized carbons (Fsp3) is 0.889. The maximum absolute atomic E-state index is 9.38. The molecule has 0 fully saturated rings. The van der Waals surface area contributed by atoms with Crippen LogP contribution in [0.15, 0.2) is 0 Å². The SMILES string of the molecule is CCC(CC#N)NCC(C)(C)O. The maximum atomic E-state index is 9.38. The standard InChI is InChI=1S/C9H18N2O/c1-4-8(5-6-10)11-7-9(2,3)12/h8,11-12H,4-5,7H2,1-3H3. The van der Waals surface area contributed by atoms with Gasteiger partial charge in [-0.15, -0.1) is 0 Å². The first-order valence-electron chi connectivity index (χ1n) is 4.32. The number of nitriles is 1. The number of hydrogen-bond donors (Lipinski definition) is 2. The van der Waals surface area contributed by atoms with Crippen molar-refractivity contribution >= 4 is 0 Å². The van der Waals surface area contributed by atoms with Gasteiger partial charge in [0.2, 0.25) is 0 Å². The van der Waals surface area contributed by atoms with Crippen molar-refractivity contribution in [3.05, 3.63) is 0 Å². The second-order valence-corrected chi connectivity index (χ2v) is 3.66. The fourth-order valence-electron chi connectivity index (χ4n) is 0.865. The van der Waals surface area contributed by atoms with Crippen LogP contribution in [0.2, 0.25) is 0 Å². The molecule has 2 N–H and O–H groups in total. The van der Waals surface area contributed by atoms with Crippen LogP contribution in [0.4, 0.5) is 0 Å². The van der Waals surface area contributed by atoms with Crippen molar-refractivity contribution in [1.29, 1.82) is 5.26 Å². The van der Waals surface area contributed by atoms with E-state index in [1.54, 1.807) is 13.8 Å². The third-order valence-electron chi connectivity index (χ3n) is 1.65. The van der Waals surface area contributed by atoms with E-state index in [0.717, 1.165) is 6.42 Å². The van der Waals surface area contributed by atoms with Crippen LogP contribution in [0.3, 0.4) is 0 Å². The molecular formula is C9H18N2O. The molecule has 0 aliphatic rings. The summed E-state index contributed by atoms with van der Waals surface area (Å²) in [6.07, 6.45) is 1.43. The van der Waals surface area contributed by atoms with Crippen molar-refractivity contribution in [3.8, 4) is 6.07 Å². The van der Waals surface area contributed by atoms with Gasteiger partial charge in [0.1, 0.15) is 0 Å². The lowest BCUT2D eigenvalue weighted by atomic mass is 10.1. The Morgan fingerprint density at radius 1 is 1.58 bits per heavy atom. The maximum Gasteiger partial charge on any atom is 0.0715 e. The largest absolute Gasteiger partial charge is 0.389 e. The topological polar surface area (TPSA) is 56.0 Å². The van der Waals surface area contributed by atoms with Crippen LogP contribution in [0, 0.1) is 11.3 Å².